The van der Waals surface area contributed by atoms with E-state index in [4.69, 9.17) is 5.73 Å². The lowest BCUT2D eigenvalue weighted by atomic mass is 9.99. The highest BCUT2D eigenvalue weighted by Gasteiger charge is 2.21. The Labute approximate surface area is 104 Å². The van der Waals surface area contributed by atoms with E-state index in [1.165, 1.54) is 37.8 Å². The lowest BCUT2D eigenvalue weighted by molar-refractivity contribution is 0.134. The first kappa shape index (κ1) is 12.5. The second-order valence-electron chi connectivity index (χ2n) is 4.84. The van der Waals surface area contributed by atoms with Gasteiger partial charge >= 0.3 is 0 Å². The van der Waals surface area contributed by atoms with Crippen molar-refractivity contribution in [3.63, 3.8) is 0 Å². The van der Waals surface area contributed by atoms with E-state index >= 15 is 0 Å². The number of hydrogen-bond donors (Lipinski definition) is 1. The van der Waals surface area contributed by atoms with Crippen molar-refractivity contribution in [3.05, 3.63) is 29.6 Å². The normalized spacial score (nSPS) is 21.6. The number of hydrogen-bond acceptors (Lipinski definition) is 3. The zero-order valence-corrected chi connectivity index (χ0v) is 10.7. The number of piperidine rings is 1. The molecule has 1 aromatic heterocycles. The van der Waals surface area contributed by atoms with Crippen LogP contribution in [0, 0.1) is 0 Å². The fourth-order valence-electron chi connectivity index (χ4n) is 2.72. The van der Waals surface area contributed by atoms with Gasteiger partial charge in [0.2, 0.25) is 0 Å². The van der Waals surface area contributed by atoms with Crippen molar-refractivity contribution >= 4 is 0 Å². The Kier molecular flexibility index (Phi) is 4.51. The van der Waals surface area contributed by atoms with Crippen LogP contribution in [0.4, 0.5) is 0 Å². The van der Waals surface area contributed by atoms with Crippen molar-refractivity contribution in [2.45, 2.75) is 51.7 Å². The summed E-state index contributed by atoms with van der Waals surface area (Å²) in [5.41, 5.74) is 8.11. The lowest BCUT2D eigenvalue weighted by Crippen LogP contribution is -2.38. The minimum absolute atomic E-state index is 0.591. The molecule has 1 aliphatic heterocycles. The van der Waals surface area contributed by atoms with Crippen LogP contribution in [0.2, 0.25) is 0 Å². The molecule has 0 bridgehead atoms. The molecule has 0 spiro atoms. The number of nitrogens with two attached hydrogens (primary N) is 1. The molecular weight excluding hydrogens is 210 g/mol. The number of nitrogens with zero attached hydrogens (tertiary/aromatic N) is 2. The predicted octanol–water partition coefficient (Wildman–Crippen LogP) is 2.30. The summed E-state index contributed by atoms with van der Waals surface area (Å²) in [6.07, 6.45) is 7.15. The third-order valence-corrected chi connectivity index (χ3v) is 3.78. The maximum atomic E-state index is 5.76. The first-order valence-electron chi connectivity index (χ1n) is 6.72. The molecular formula is C14H23N3. The monoisotopic (exact) mass is 233 g/mol. The predicted molar refractivity (Wildman–Crippen MR) is 70.5 cm³/mol. The van der Waals surface area contributed by atoms with Gasteiger partial charge < -0.3 is 5.73 Å². The van der Waals surface area contributed by atoms with Gasteiger partial charge in [-0.15, -0.1) is 0 Å². The number of aromatic nitrogens is 1. The standard InChI is InChI=1S/C14H23N3/c1-2-13-7-3-4-9-17(13)11-14-12(10-15)6-5-8-16-14/h5-6,8,13H,2-4,7,9-11,15H2,1H3. The second-order valence-corrected chi connectivity index (χ2v) is 4.84. The molecule has 3 nitrogen and oxygen atoms in total. The Morgan fingerprint density at radius 3 is 3.12 bits per heavy atom. The first-order valence-corrected chi connectivity index (χ1v) is 6.72. The molecule has 1 aliphatic rings. The molecule has 2 rings (SSSR count). The summed E-state index contributed by atoms with van der Waals surface area (Å²) in [5.74, 6) is 0. The van der Waals surface area contributed by atoms with E-state index in [1.807, 2.05) is 12.3 Å². The van der Waals surface area contributed by atoms with Crippen molar-refractivity contribution in [3.8, 4) is 0 Å². The van der Waals surface area contributed by atoms with Gasteiger partial charge in [0, 0.05) is 25.3 Å². The van der Waals surface area contributed by atoms with E-state index in [2.05, 4.69) is 22.9 Å². The van der Waals surface area contributed by atoms with Crippen LogP contribution in [0.15, 0.2) is 18.3 Å². The van der Waals surface area contributed by atoms with E-state index in [1.54, 1.807) is 0 Å². The van der Waals surface area contributed by atoms with Gasteiger partial charge in [-0.1, -0.05) is 19.4 Å². The molecule has 0 saturated carbocycles. The summed E-state index contributed by atoms with van der Waals surface area (Å²) in [4.78, 5) is 7.07. The zero-order chi connectivity index (χ0) is 12.1. The van der Waals surface area contributed by atoms with Gasteiger partial charge in [-0.3, -0.25) is 9.88 Å². The summed E-state index contributed by atoms with van der Waals surface area (Å²) < 4.78 is 0. The number of rotatable bonds is 4. The van der Waals surface area contributed by atoms with Gasteiger partial charge in [0.25, 0.3) is 0 Å². The molecule has 17 heavy (non-hydrogen) atoms. The summed E-state index contributed by atoms with van der Waals surface area (Å²) in [7, 11) is 0. The molecule has 3 heteroatoms. The Balaban J connectivity index is 2.08. The van der Waals surface area contributed by atoms with Crippen LogP contribution in [-0.2, 0) is 13.1 Å². The molecule has 2 N–H and O–H groups in total. The average molecular weight is 233 g/mol. The highest BCUT2D eigenvalue weighted by Crippen LogP contribution is 2.21. The summed E-state index contributed by atoms with van der Waals surface area (Å²) >= 11 is 0. The van der Waals surface area contributed by atoms with Crippen molar-refractivity contribution in [1.29, 1.82) is 0 Å². The average Bonchev–Trinajstić information content (AvgIpc) is 2.40. The second kappa shape index (κ2) is 6.12. The molecule has 0 aromatic carbocycles. The largest absolute Gasteiger partial charge is 0.326 e. The maximum Gasteiger partial charge on any atom is 0.0588 e. The van der Waals surface area contributed by atoms with Crippen LogP contribution in [0.5, 0.6) is 0 Å². The molecule has 1 aromatic rings. The molecule has 0 amide bonds. The third-order valence-electron chi connectivity index (χ3n) is 3.78. The van der Waals surface area contributed by atoms with Crippen LogP contribution in [0.1, 0.15) is 43.9 Å². The third kappa shape index (κ3) is 3.05. The molecule has 94 valence electrons. The van der Waals surface area contributed by atoms with Gasteiger partial charge in [-0.25, -0.2) is 0 Å². The van der Waals surface area contributed by atoms with Gasteiger partial charge in [0.15, 0.2) is 0 Å². The van der Waals surface area contributed by atoms with Crippen molar-refractivity contribution < 1.29 is 0 Å². The van der Waals surface area contributed by atoms with Crippen LogP contribution >= 0.6 is 0 Å². The van der Waals surface area contributed by atoms with Gasteiger partial charge in [-0.2, -0.15) is 0 Å². The highest BCUT2D eigenvalue weighted by atomic mass is 15.2. The van der Waals surface area contributed by atoms with Crippen LogP contribution in [0.25, 0.3) is 0 Å². The SMILES string of the molecule is CCC1CCCCN1Cc1ncccc1CN. The van der Waals surface area contributed by atoms with Crippen LogP contribution in [0.3, 0.4) is 0 Å². The van der Waals surface area contributed by atoms with Gasteiger partial charge in [0.1, 0.15) is 0 Å². The van der Waals surface area contributed by atoms with E-state index < -0.39 is 0 Å². The molecule has 1 unspecified atom stereocenters. The topological polar surface area (TPSA) is 42.2 Å². The van der Waals surface area contributed by atoms with Crippen molar-refractivity contribution in [1.82, 2.24) is 9.88 Å². The zero-order valence-electron chi connectivity index (χ0n) is 10.7. The molecule has 1 atom stereocenters. The Morgan fingerprint density at radius 1 is 1.47 bits per heavy atom. The molecule has 0 aliphatic carbocycles. The highest BCUT2D eigenvalue weighted by molar-refractivity contribution is 5.19. The van der Waals surface area contributed by atoms with Crippen LogP contribution in [-0.4, -0.2) is 22.5 Å². The minimum atomic E-state index is 0.591. The Morgan fingerprint density at radius 2 is 2.35 bits per heavy atom. The molecule has 1 fully saturated rings. The molecule has 0 radical (unpaired) electrons. The smallest absolute Gasteiger partial charge is 0.0588 e. The van der Waals surface area contributed by atoms with Crippen molar-refractivity contribution in [2.75, 3.05) is 6.54 Å². The number of pyridine rings is 1. The summed E-state index contributed by atoms with van der Waals surface area (Å²) in [6.45, 7) is 5.05. The van der Waals surface area contributed by atoms with E-state index in [-0.39, 0.29) is 0 Å². The van der Waals surface area contributed by atoms with E-state index in [9.17, 15) is 0 Å². The fourth-order valence-corrected chi connectivity index (χ4v) is 2.72. The lowest BCUT2D eigenvalue weighted by Gasteiger charge is -2.35. The fraction of sp³-hybridized carbons (Fsp3) is 0.643. The van der Waals surface area contributed by atoms with Crippen LogP contribution < -0.4 is 5.73 Å². The summed E-state index contributed by atoms with van der Waals surface area (Å²) in [5, 5.41) is 0. The maximum absolute atomic E-state index is 5.76. The quantitative estimate of drug-likeness (QED) is 0.867. The summed E-state index contributed by atoms with van der Waals surface area (Å²) in [6, 6.07) is 4.79. The Hall–Kier alpha value is -0.930. The van der Waals surface area contributed by atoms with Gasteiger partial charge in [-0.05, 0) is 37.4 Å². The molecule has 2 heterocycles. The first-order chi connectivity index (χ1) is 8.35. The Bertz CT molecular complexity index is 351. The van der Waals surface area contributed by atoms with E-state index in [0.29, 0.717) is 6.54 Å². The molecule has 1 saturated heterocycles. The van der Waals surface area contributed by atoms with Crippen molar-refractivity contribution in [2.24, 2.45) is 5.73 Å². The number of likely N-dealkylation sites (tertiary alicyclic amines) is 1. The van der Waals surface area contributed by atoms with Gasteiger partial charge in [0.05, 0.1) is 5.69 Å². The van der Waals surface area contributed by atoms with E-state index in [0.717, 1.165) is 18.3 Å². The minimum Gasteiger partial charge on any atom is -0.326 e.